The van der Waals surface area contributed by atoms with Crippen LogP contribution in [0.1, 0.15) is 39.0 Å². The first-order valence-corrected chi connectivity index (χ1v) is 10.2. The Morgan fingerprint density at radius 2 is 1.84 bits per heavy atom. The minimum atomic E-state index is -0.270. The van der Waals surface area contributed by atoms with Crippen molar-refractivity contribution in [3.63, 3.8) is 0 Å². The summed E-state index contributed by atoms with van der Waals surface area (Å²) in [6, 6.07) is 13.4. The van der Waals surface area contributed by atoms with Gasteiger partial charge in [-0.3, -0.25) is 4.79 Å². The van der Waals surface area contributed by atoms with Crippen molar-refractivity contribution in [3.05, 3.63) is 77.0 Å². The highest BCUT2D eigenvalue weighted by molar-refractivity contribution is 6.01. The van der Waals surface area contributed by atoms with Crippen LogP contribution >= 0.6 is 0 Å². The number of amides is 1. The van der Waals surface area contributed by atoms with Crippen molar-refractivity contribution >= 4 is 16.8 Å². The Balaban J connectivity index is 1.58. The number of aromatic amines is 2. The van der Waals surface area contributed by atoms with Gasteiger partial charge in [0, 0.05) is 29.6 Å². The fraction of sp³-hybridized carbons (Fsp3) is 0.250. The molecule has 0 radical (unpaired) electrons. The van der Waals surface area contributed by atoms with Crippen LogP contribution in [0.25, 0.3) is 10.9 Å². The number of hydrogen-bond donors (Lipinski definition) is 2. The fourth-order valence-electron chi connectivity index (χ4n) is 4.41. The molecule has 1 aliphatic rings. The van der Waals surface area contributed by atoms with Crippen molar-refractivity contribution in [3.8, 4) is 11.5 Å². The van der Waals surface area contributed by atoms with Gasteiger partial charge >= 0.3 is 0 Å². The molecule has 1 atom stereocenters. The molecule has 0 aliphatic carbocycles. The van der Waals surface area contributed by atoms with E-state index in [1.165, 1.54) is 0 Å². The Hall–Kier alpha value is -3.74. The number of hydrogen-bond acceptors (Lipinski definition) is 4. The minimum Gasteiger partial charge on any atom is -0.497 e. The SMILES string of the molecule is COc1ccc([C@@H]2c3nc[nH]c3CCN2C(=O)c2[nH]c3ccc(OC)cc3c2C)cc1. The van der Waals surface area contributed by atoms with Crippen molar-refractivity contribution in [2.75, 3.05) is 20.8 Å². The summed E-state index contributed by atoms with van der Waals surface area (Å²) in [5.41, 5.74) is 5.39. The van der Waals surface area contributed by atoms with E-state index in [9.17, 15) is 4.79 Å². The molecule has 0 saturated heterocycles. The number of methoxy groups -OCH3 is 2. The smallest absolute Gasteiger partial charge is 0.271 e. The number of nitrogens with one attached hydrogen (secondary N) is 2. The maximum atomic E-state index is 13.8. The molecule has 158 valence electrons. The highest BCUT2D eigenvalue weighted by atomic mass is 16.5. The summed E-state index contributed by atoms with van der Waals surface area (Å²) < 4.78 is 10.7. The van der Waals surface area contributed by atoms with E-state index in [1.54, 1.807) is 20.5 Å². The number of fused-ring (bicyclic) bond motifs is 2. The maximum Gasteiger partial charge on any atom is 0.271 e. The molecule has 7 heteroatoms. The lowest BCUT2D eigenvalue weighted by Gasteiger charge is -2.35. The standard InChI is InChI=1S/C24H24N4O3/c1-14-18-12-17(31-3)8-9-19(18)27-21(14)24(29)28-11-10-20-22(26-13-25-20)23(28)15-4-6-16(30-2)7-5-15/h4-9,12-13,23,27H,10-11H2,1-3H3,(H,25,26)/t23-/m1/s1. The lowest BCUT2D eigenvalue weighted by Crippen LogP contribution is -2.41. The average molecular weight is 416 g/mol. The van der Waals surface area contributed by atoms with Crippen LogP contribution in [-0.4, -0.2) is 46.5 Å². The quantitative estimate of drug-likeness (QED) is 0.527. The Kier molecular flexibility index (Phi) is 4.66. The van der Waals surface area contributed by atoms with Gasteiger partial charge in [0.2, 0.25) is 0 Å². The van der Waals surface area contributed by atoms with Gasteiger partial charge in [-0.15, -0.1) is 0 Å². The first-order valence-electron chi connectivity index (χ1n) is 10.2. The molecule has 2 aromatic carbocycles. The third-order valence-electron chi connectivity index (χ3n) is 6.10. The van der Waals surface area contributed by atoms with Crippen LogP contribution in [0.2, 0.25) is 0 Å². The van der Waals surface area contributed by atoms with Crippen LogP contribution in [0.5, 0.6) is 11.5 Å². The van der Waals surface area contributed by atoms with Gasteiger partial charge in [0.1, 0.15) is 23.2 Å². The molecule has 2 aromatic heterocycles. The zero-order valence-corrected chi connectivity index (χ0v) is 17.7. The number of rotatable bonds is 4. The molecular formula is C24H24N4O3. The summed E-state index contributed by atoms with van der Waals surface area (Å²) in [5, 5.41) is 0.987. The summed E-state index contributed by atoms with van der Waals surface area (Å²) in [4.78, 5) is 26.8. The predicted molar refractivity (Wildman–Crippen MR) is 118 cm³/mol. The van der Waals surface area contributed by atoms with Crippen LogP contribution in [0, 0.1) is 6.92 Å². The van der Waals surface area contributed by atoms with E-state index >= 15 is 0 Å². The Morgan fingerprint density at radius 1 is 1.10 bits per heavy atom. The van der Waals surface area contributed by atoms with Crippen LogP contribution in [0.4, 0.5) is 0 Å². The summed E-state index contributed by atoms with van der Waals surface area (Å²) >= 11 is 0. The second kappa shape index (κ2) is 7.50. The monoisotopic (exact) mass is 416 g/mol. The molecule has 1 aliphatic heterocycles. The normalized spacial score (nSPS) is 15.7. The molecule has 31 heavy (non-hydrogen) atoms. The van der Waals surface area contributed by atoms with Gasteiger partial charge in [0.25, 0.3) is 5.91 Å². The Morgan fingerprint density at radius 3 is 2.58 bits per heavy atom. The molecule has 0 fully saturated rings. The Labute approximate surface area is 180 Å². The Bertz CT molecular complexity index is 1260. The van der Waals surface area contributed by atoms with E-state index in [4.69, 9.17) is 9.47 Å². The zero-order chi connectivity index (χ0) is 21.5. The van der Waals surface area contributed by atoms with Crippen molar-refractivity contribution in [2.45, 2.75) is 19.4 Å². The summed E-state index contributed by atoms with van der Waals surface area (Å²) in [5.74, 6) is 1.51. The molecule has 0 unspecified atom stereocenters. The zero-order valence-electron chi connectivity index (χ0n) is 17.7. The molecule has 1 amide bonds. The molecule has 2 N–H and O–H groups in total. The molecule has 0 spiro atoms. The van der Waals surface area contributed by atoms with E-state index in [-0.39, 0.29) is 11.9 Å². The second-order valence-electron chi connectivity index (χ2n) is 7.73. The van der Waals surface area contributed by atoms with E-state index in [1.807, 2.05) is 54.3 Å². The van der Waals surface area contributed by atoms with Gasteiger partial charge in [-0.05, 0) is 48.4 Å². The van der Waals surface area contributed by atoms with Crippen LogP contribution in [0.15, 0.2) is 48.8 Å². The number of ether oxygens (including phenoxy) is 2. The maximum absolute atomic E-state index is 13.8. The van der Waals surface area contributed by atoms with Crippen LogP contribution in [-0.2, 0) is 6.42 Å². The van der Waals surface area contributed by atoms with E-state index in [2.05, 4.69) is 15.0 Å². The number of carbonyl (C=O) groups is 1. The van der Waals surface area contributed by atoms with Crippen LogP contribution < -0.4 is 9.47 Å². The lowest BCUT2D eigenvalue weighted by atomic mass is 9.95. The number of H-pyrrole nitrogens is 2. The highest BCUT2D eigenvalue weighted by Gasteiger charge is 2.35. The van der Waals surface area contributed by atoms with Gasteiger partial charge in [-0.2, -0.15) is 0 Å². The molecule has 4 aromatic rings. The van der Waals surface area contributed by atoms with E-state index < -0.39 is 0 Å². The number of imidazole rings is 1. The van der Waals surface area contributed by atoms with Crippen LogP contribution in [0.3, 0.4) is 0 Å². The molecule has 7 nitrogen and oxygen atoms in total. The molecule has 5 rings (SSSR count). The number of aromatic nitrogens is 3. The topological polar surface area (TPSA) is 83.2 Å². The minimum absolute atomic E-state index is 0.0397. The van der Waals surface area contributed by atoms with E-state index in [0.717, 1.165) is 51.3 Å². The third kappa shape index (κ3) is 3.13. The molecule has 3 heterocycles. The van der Waals surface area contributed by atoms with Gasteiger partial charge in [-0.25, -0.2) is 4.98 Å². The largest absolute Gasteiger partial charge is 0.497 e. The number of carbonyl (C=O) groups excluding carboxylic acids is 1. The fourth-order valence-corrected chi connectivity index (χ4v) is 4.41. The average Bonchev–Trinajstić information content (AvgIpc) is 3.42. The van der Waals surface area contributed by atoms with Gasteiger partial charge < -0.3 is 24.3 Å². The summed E-state index contributed by atoms with van der Waals surface area (Å²) in [6.45, 7) is 2.57. The highest BCUT2D eigenvalue weighted by Crippen LogP contribution is 2.36. The van der Waals surface area contributed by atoms with Crippen molar-refractivity contribution in [1.29, 1.82) is 0 Å². The van der Waals surface area contributed by atoms with Gasteiger partial charge in [0.15, 0.2) is 0 Å². The second-order valence-corrected chi connectivity index (χ2v) is 7.73. The van der Waals surface area contributed by atoms with Gasteiger partial charge in [-0.1, -0.05) is 12.1 Å². The lowest BCUT2D eigenvalue weighted by molar-refractivity contribution is 0.0685. The molecule has 0 bridgehead atoms. The van der Waals surface area contributed by atoms with Crippen molar-refractivity contribution in [1.82, 2.24) is 19.9 Å². The van der Waals surface area contributed by atoms with Crippen molar-refractivity contribution < 1.29 is 14.3 Å². The third-order valence-corrected chi connectivity index (χ3v) is 6.10. The van der Waals surface area contributed by atoms with Crippen molar-refractivity contribution in [2.24, 2.45) is 0 Å². The van der Waals surface area contributed by atoms with Gasteiger partial charge in [0.05, 0.1) is 26.2 Å². The number of nitrogens with zero attached hydrogens (tertiary/aromatic N) is 2. The predicted octanol–water partition coefficient (Wildman–Crippen LogP) is 4.00. The first-order chi connectivity index (χ1) is 15.1. The summed E-state index contributed by atoms with van der Waals surface area (Å²) in [6.07, 6.45) is 2.44. The number of benzene rings is 2. The van der Waals surface area contributed by atoms with E-state index in [0.29, 0.717) is 12.2 Å². The number of aryl methyl sites for hydroxylation is 1. The first kappa shape index (κ1) is 19.2. The molecular weight excluding hydrogens is 392 g/mol. The summed E-state index contributed by atoms with van der Waals surface area (Å²) in [7, 11) is 3.29. The molecule has 0 saturated carbocycles.